The van der Waals surface area contributed by atoms with E-state index in [1.807, 2.05) is 19.0 Å². The van der Waals surface area contributed by atoms with Crippen molar-refractivity contribution in [3.8, 4) is 11.1 Å². The van der Waals surface area contributed by atoms with Crippen LogP contribution >= 0.6 is 11.6 Å². The van der Waals surface area contributed by atoms with Gasteiger partial charge in [-0.25, -0.2) is 20.0 Å². The maximum absolute atomic E-state index is 14.3. The van der Waals surface area contributed by atoms with Gasteiger partial charge in [0, 0.05) is 29.6 Å². The highest BCUT2D eigenvalue weighted by molar-refractivity contribution is 6.30. The fourth-order valence-electron chi connectivity index (χ4n) is 4.15. The number of carbonyl (C=O) groups is 3. The van der Waals surface area contributed by atoms with Gasteiger partial charge in [0.1, 0.15) is 17.9 Å². The van der Waals surface area contributed by atoms with E-state index in [-0.39, 0.29) is 24.7 Å². The summed E-state index contributed by atoms with van der Waals surface area (Å²) in [5.74, 6) is -2.25. The molecule has 3 atom stereocenters. The summed E-state index contributed by atoms with van der Waals surface area (Å²) < 4.78 is 14.3. The van der Waals surface area contributed by atoms with Crippen LogP contribution in [0.3, 0.4) is 0 Å². The van der Waals surface area contributed by atoms with Crippen molar-refractivity contribution in [2.45, 2.75) is 43.8 Å². The molecule has 2 aromatic rings. The molecule has 3 rings (SSSR count). The molecule has 2 aromatic carbocycles. The Kier molecular flexibility index (Phi) is 11.0. The summed E-state index contributed by atoms with van der Waals surface area (Å²) in [5, 5.41) is 15.7. The second kappa shape index (κ2) is 14.2. The van der Waals surface area contributed by atoms with Crippen molar-refractivity contribution < 1.29 is 23.9 Å². The second-order valence-corrected chi connectivity index (χ2v) is 9.97. The van der Waals surface area contributed by atoms with Crippen LogP contribution in [0.15, 0.2) is 42.5 Å². The maximum Gasteiger partial charge on any atom is 0.326 e. The highest BCUT2D eigenvalue weighted by atomic mass is 35.5. The lowest BCUT2D eigenvalue weighted by Gasteiger charge is -2.24. The highest BCUT2D eigenvalue weighted by Crippen LogP contribution is 2.26. The predicted octanol–water partition coefficient (Wildman–Crippen LogP) is 1.46. The fourth-order valence-corrected chi connectivity index (χ4v) is 4.32. The van der Waals surface area contributed by atoms with E-state index in [0.29, 0.717) is 42.1 Å². The summed E-state index contributed by atoms with van der Waals surface area (Å²) in [6.45, 7) is 1.05. The minimum absolute atomic E-state index is 0.0151. The molecule has 0 radical (unpaired) electrons. The molecular weight excluding hydrogens is 515 g/mol. The van der Waals surface area contributed by atoms with E-state index in [2.05, 4.69) is 27.0 Å². The predicted molar refractivity (Wildman–Crippen MR) is 143 cm³/mol. The molecule has 0 spiro atoms. The fraction of sp³-hybridized carbons (Fsp3) is 0.423. The van der Waals surface area contributed by atoms with Crippen molar-refractivity contribution in [1.29, 1.82) is 0 Å². The number of hydrazine groups is 2. The van der Waals surface area contributed by atoms with E-state index in [4.69, 9.17) is 11.6 Å². The molecule has 1 unspecified atom stereocenters. The Hall–Kier alpha value is -3.09. The molecule has 1 aliphatic heterocycles. The molecule has 1 aliphatic rings. The number of amides is 2. The first-order chi connectivity index (χ1) is 18.1. The van der Waals surface area contributed by atoms with E-state index >= 15 is 0 Å². The Bertz CT molecular complexity index is 1110. The molecule has 1 fully saturated rings. The van der Waals surface area contributed by atoms with Crippen LogP contribution in [0.4, 0.5) is 4.39 Å². The molecule has 0 aromatic heterocycles. The molecule has 38 heavy (non-hydrogen) atoms. The molecule has 10 nitrogen and oxygen atoms in total. The molecule has 1 heterocycles. The average molecular weight is 549 g/mol. The molecule has 0 bridgehead atoms. The number of carbonyl (C=O) groups excluding carboxylic acids is 2. The summed E-state index contributed by atoms with van der Waals surface area (Å²) in [6.07, 6.45) is 1.08. The molecular formula is C26H34ClFN6O4. The van der Waals surface area contributed by atoms with Gasteiger partial charge in [-0.2, -0.15) is 5.53 Å². The van der Waals surface area contributed by atoms with E-state index in [0.717, 1.165) is 5.56 Å². The minimum Gasteiger partial charge on any atom is -0.480 e. The Morgan fingerprint density at radius 1 is 1.16 bits per heavy atom. The van der Waals surface area contributed by atoms with Gasteiger partial charge in [-0.15, -0.1) is 0 Å². The summed E-state index contributed by atoms with van der Waals surface area (Å²) in [6, 6.07) is 9.08. The number of hydrogen-bond donors (Lipinski definition) is 6. The molecule has 12 heteroatoms. The summed E-state index contributed by atoms with van der Waals surface area (Å²) >= 11 is 6.02. The number of carboxylic acids is 1. The largest absolute Gasteiger partial charge is 0.480 e. The third-order valence-electron chi connectivity index (χ3n) is 6.14. The van der Waals surface area contributed by atoms with Gasteiger partial charge in [-0.05, 0) is 69.2 Å². The topological polar surface area (TPSA) is 135 Å². The van der Waals surface area contributed by atoms with Crippen LogP contribution in [0, 0.1) is 5.82 Å². The summed E-state index contributed by atoms with van der Waals surface area (Å²) in [5.41, 5.74) is 10.1. The van der Waals surface area contributed by atoms with Gasteiger partial charge in [-0.3, -0.25) is 9.59 Å². The number of nitrogens with zero attached hydrogens (tertiary/aromatic N) is 1. The van der Waals surface area contributed by atoms with Crippen LogP contribution in [0.25, 0.3) is 11.1 Å². The first-order valence-corrected chi connectivity index (χ1v) is 12.7. The Morgan fingerprint density at radius 3 is 2.53 bits per heavy atom. The zero-order chi connectivity index (χ0) is 27.7. The molecule has 1 saturated heterocycles. The van der Waals surface area contributed by atoms with E-state index in [1.54, 1.807) is 30.3 Å². The third kappa shape index (κ3) is 9.03. The number of hydrogen-bond acceptors (Lipinski definition) is 7. The Labute approximate surface area is 226 Å². The van der Waals surface area contributed by atoms with Gasteiger partial charge in [0.2, 0.25) is 11.8 Å². The minimum atomic E-state index is -1.18. The Balaban J connectivity index is 1.73. The van der Waals surface area contributed by atoms with E-state index < -0.39 is 29.9 Å². The third-order valence-corrected chi connectivity index (χ3v) is 6.38. The average Bonchev–Trinajstić information content (AvgIpc) is 3.41. The number of aliphatic carboxylic acids is 1. The van der Waals surface area contributed by atoms with Gasteiger partial charge >= 0.3 is 5.97 Å². The summed E-state index contributed by atoms with van der Waals surface area (Å²) in [7, 11) is 3.79. The van der Waals surface area contributed by atoms with Gasteiger partial charge in [0.25, 0.3) is 0 Å². The quantitative estimate of drug-likeness (QED) is 0.221. The van der Waals surface area contributed by atoms with E-state index in [1.165, 1.54) is 12.1 Å². The van der Waals surface area contributed by atoms with Crippen molar-refractivity contribution in [3.63, 3.8) is 0 Å². The molecule has 206 valence electrons. The van der Waals surface area contributed by atoms with Crippen LogP contribution in [0.2, 0.25) is 5.02 Å². The van der Waals surface area contributed by atoms with Gasteiger partial charge < -0.3 is 20.6 Å². The molecule has 6 N–H and O–H groups in total. The number of benzene rings is 2. The second-order valence-electron chi connectivity index (χ2n) is 9.53. The smallest absolute Gasteiger partial charge is 0.326 e. The van der Waals surface area contributed by atoms with Crippen molar-refractivity contribution in [2.75, 3.05) is 27.2 Å². The Morgan fingerprint density at radius 2 is 1.89 bits per heavy atom. The number of carboxylic acid groups (broad SMARTS) is 1. The highest BCUT2D eigenvalue weighted by Gasteiger charge is 2.29. The lowest BCUT2D eigenvalue weighted by Crippen LogP contribution is -2.51. The van der Waals surface area contributed by atoms with Crippen LogP contribution in [0.5, 0.6) is 0 Å². The zero-order valence-electron chi connectivity index (χ0n) is 21.4. The van der Waals surface area contributed by atoms with Crippen molar-refractivity contribution in [2.24, 2.45) is 0 Å². The summed E-state index contributed by atoms with van der Waals surface area (Å²) in [4.78, 5) is 39.1. The standard InChI is InChI=1S/C26H34ClFN6O4/c1-34(2)11-3-4-24(35)31-22(26(37)38)14-19(30-25(36)23-15-29-33-32-23)12-16-5-7-17(8-6-16)20-13-18(27)9-10-21(20)28/h5-10,13,19,22-23,29,32-33H,3-4,11-12,14-15H2,1-2H3,(H,30,36)(H,31,35)(H,37,38)/t19-,22-,23?/m1/s1. The monoisotopic (exact) mass is 548 g/mol. The zero-order valence-corrected chi connectivity index (χ0v) is 22.1. The first-order valence-electron chi connectivity index (χ1n) is 12.4. The molecule has 0 aliphatic carbocycles. The van der Waals surface area contributed by atoms with Crippen LogP contribution in [-0.4, -0.2) is 73.1 Å². The number of halogens is 2. The lowest BCUT2D eigenvalue weighted by atomic mass is 9.96. The molecule has 0 saturated carbocycles. The van der Waals surface area contributed by atoms with Crippen LogP contribution in [-0.2, 0) is 20.8 Å². The van der Waals surface area contributed by atoms with Gasteiger partial charge in [0.15, 0.2) is 0 Å². The SMILES string of the molecule is CN(C)CCCC(=O)N[C@H](C[C@@H](Cc1ccc(-c2cc(Cl)ccc2F)cc1)NC(=O)C1CNNN1)C(=O)O. The number of rotatable bonds is 13. The van der Waals surface area contributed by atoms with Crippen molar-refractivity contribution >= 4 is 29.4 Å². The van der Waals surface area contributed by atoms with Crippen molar-refractivity contribution in [1.82, 2.24) is 31.9 Å². The van der Waals surface area contributed by atoms with Crippen LogP contribution in [0.1, 0.15) is 24.8 Å². The lowest BCUT2D eigenvalue weighted by molar-refractivity contribution is -0.142. The van der Waals surface area contributed by atoms with Crippen LogP contribution < -0.4 is 27.0 Å². The van der Waals surface area contributed by atoms with Crippen molar-refractivity contribution in [3.05, 3.63) is 58.9 Å². The first kappa shape index (κ1) is 29.5. The number of nitrogens with one attached hydrogen (secondary N) is 5. The van der Waals surface area contributed by atoms with Gasteiger partial charge in [-0.1, -0.05) is 35.9 Å². The van der Waals surface area contributed by atoms with Gasteiger partial charge in [0.05, 0.1) is 0 Å². The maximum atomic E-state index is 14.3. The molecule has 2 amide bonds. The normalized spacial score (nSPS) is 16.7. The van der Waals surface area contributed by atoms with E-state index in [9.17, 15) is 23.9 Å².